The number of nitrogens with one attached hydrogen (secondary N) is 5. The Morgan fingerprint density at radius 3 is 1.65 bits per heavy atom. The van der Waals surface area contributed by atoms with Crippen LogP contribution in [0.25, 0.3) is 6.08 Å². The van der Waals surface area contributed by atoms with Crippen LogP contribution in [0.3, 0.4) is 0 Å². The van der Waals surface area contributed by atoms with Gasteiger partial charge in [-0.15, -0.1) is 0 Å². The van der Waals surface area contributed by atoms with E-state index in [-0.39, 0.29) is 56.5 Å². The molecular formula is C43H36F2N6O11. The van der Waals surface area contributed by atoms with E-state index in [0.717, 1.165) is 31.4 Å². The number of methoxy groups -OCH3 is 2. The second-order valence-corrected chi connectivity index (χ2v) is 12.4. The first-order valence-electron chi connectivity index (χ1n) is 17.8. The highest BCUT2D eigenvalue weighted by atomic mass is 19.1. The molecule has 17 nitrogen and oxygen atoms in total. The molecular weight excluding hydrogens is 814 g/mol. The zero-order valence-corrected chi connectivity index (χ0v) is 32.8. The number of ether oxygens (including phenoxy) is 2. The van der Waals surface area contributed by atoms with Gasteiger partial charge in [0.1, 0.15) is 11.4 Å². The fourth-order valence-electron chi connectivity index (χ4n) is 5.33. The number of phenols is 2. The highest BCUT2D eigenvalue weighted by Crippen LogP contribution is 2.40. The van der Waals surface area contributed by atoms with E-state index in [0.29, 0.717) is 0 Å². The van der Waals surface area contributed by atoms with Crippen LogP contribution in [0.1, 0.15) is 53.9 Å². The van der Waals surface area contributed by atoms with Crippen molar-refractivity contribution in [3.63, 3.8) is 0 Å². The van der Waals surface area contributed by atoms with Crippen molar-refractivity contribution in [2.75, 3.05) is 42.0 Å². The molecule has 19 heteroatoms. The fraction of sp³-hybridized carbons (Fsp3) is 0.0930. The lowest BCUT2D eigenvalue weighted by Crippen LogP contribution is -2.32. The normalized spacial score (nSPS) is 10.4. The van der Waals surface area contributed by atoms with Gasteiger partial charge < -0.3 is 51.4 Å². The second-order valence-electron chi connectivity index (χ2n) is 12.4. The molecule has 0 spiro atoms. The van der Waals surface area contributed by atoms with Gasteiger partial charge in [-0.1, -0.05) is 12.1 Å². The molecule has 5 aromatic carbocycles. The molecule has 318 valence electrons. The van der Waals surface area contributed by atoms with Gasteiger partial charge in [-0.3, -0.25) is 24.0 Å². The molecule has 0 aromatic heterocycles. The van der Waals surface area contributed by atoms with Gasteiger partial charge in [0.05, 0.1) is 43.8 Å². The Morgan fingerprint density at radius 2 is 1.13 bits per heavy atom. The van der Waals surface area contributed by atoms with E-state index in [4.69, 9.17) is 14.7 Å². The predicted octanol–water partition coefficient (Wildman–Crippen LogP) is 6.30. The van der Waals surface area contributed by atoms with Crippen LogP contribution in [-0.2, 0) is 9.59 Å². The Morgan fingerprint density at radius 1 is 0.661 bits per heavy atom. The van der Waals surface area contributed by atoms with E-state index >= 15 is 0 Å². The minimum atomic E-state index is -1.43. The Hall–Kier alpha value is -8.79. The van der Waals surface area contributed by atoms with E-state index in [9.17, 15) is 52.9 Å². The van der Waals surface area contributed by atoms with Crippen LogP contribution in [0, 0.1) is 17.1 Å². The number of anilines is 4. The van der Waals surface area contributed by atoms with Crippen molar-refractivity contribution in [2.24, 2.45) is 0 Å². The van der Waals surface area contributed by atoms with E-state index < -0.39 is 70.8 Å². The van der Waals surface area contributed by atoms with Crippen LogP contribution in [0.15, 0.2) is 103 Å². The minimum absolute atomic E-state index is 0.00957. The molecule has 0 aliphatic carbocycles. The highest BCUT2D eigenvalue weighted by molar-refractivity contribution is 6.10. The molecule has 0 aliphatic rings. The number of phenolic OH excluding ortho intramolecular Hbond substituents is 1. The summed E-state index contributed by atoms with van der Waals surface area (Å²) in [6, 6.07) is 22.4. The van der Waals surface area contributed by atoms with E-state index in [1.54, 1.807) is 6.07 Å². The molecule has 8 N–H and O–H groups in total. The number of carbonyl (C=O) groups excluding carboxylic acids is 5. The maximum absolute atomic E-state index is 14.3. The maximum atomic E-state index is 14.3. The van der Waals surface area contributed by atoms with Gasteiger partial charge in [-0.05, 0) is 96.6 Å². The van der Waals surface area contributed by atoms with E-state index in [2.05, 4.69) is 26.6 Å². The number of nitrogens with zero attached hydrogens (tertiary/aromatic N) is 1. The van der Waals surface area contributed by atoms with E-state index in [1.807, 2.05) is 0 Å². The monoisotopic (exact) mass is 850 g/mol. The van der Waals surface area contributed by atoms with E-state index in [1.165, 1.54) is 92.9 Å². The fourth-order valence-corrected chi connectivity index (χ4v) is 5.33. The van der Waals surface area contributed by atoms with Gasteiger partial charge in [0, 0.05) is 29.4 Å². The van der Waals surface area contributed by atoms with Crippen LogP contribution in [-0.4, -0.2) is 71.6 Å². The van der Waals surface area contributed by atoms with Gasteiger partial charge in [0.25, 0.3) is 23.6 Å². The quantitative estimate of drug-likeness (QED) is 0.0572. The van der Waals surface area contributed by atoms with Gasteiger partial charge in [-0.2, -0.15) is 5.26 Å². The predicted molar refractivity (Wildman–Crippen MR) is 221 cm³/mol. The number of amides is 5. The number of aromatic hydroxyl groups is 2. The first kappa shape index (κ1) is 45.9. The molecule has 0 atom stereocenters. The molecule has 0 unspecified atom stereocenters. The molecule has 5 rings (SSSR count). The average Bonchev–Trinajstić information content (AvgIpc) is 3.24. The molecule has 0 saturated heterocycles. The maximum Gasteiger partial charge on any atom is 0.339 e. The first-order valence-corrected chi connectivity index (χ1v) is 17.8. The first-order chi connectivity index (χ1) is 29.6. The number of carboxylic acids is 1. The van der Waals surface area contributed by atoms with Crippen LogP contribution in [0.2, 0.25) is 0 Å². The largest absolute Gasteiger partial charge is 0.504 e. The van der Waals surface area contributed by atoms with Crippen molar-refractivity contribution in [1.82, 2.24) is 5.32 Å². The Labute approximate surface area is 351 Å². The lowest BCUT2D eigenvalue weighted by molar-refractivity contribution is -0.115. The van der Waals surface area contributed by atoms with Crippen molar-refractivity contribution in [1.29, 1.82) is 5.26 Å². The standard InChI is InChI=1S/C41H33F2N5O11.C2H3N/c1-58-35-30(17-15-27(33(35)50)39(54)48-31-18-16-28(41(56)57)34(51)36(31)59-2)47-38(53)23-7-11-25(12-8-23)45-32(49)20-44-37(52)22-5-13-26(14-6-22)46-40(55)29(43)19-21-3-9-24(42)10-4-21;1-2-3/h3-19,50-51H,20H2,1-2H3,(H,44,52)(H,45,49)(H,46,55)(H,47,53)(H,48,54)(H,56,57);1H3/b29-19-;. The molecule has 62 heavy (non-hydrogen) atoms. The van der Waals surface area contributed by atoms with Gasteiger partial charge in [0.2, 0.25) is 5.91 Å². The Kier molecular flexibility index (Phi) is 15.8. The van der Waals surface area contributed by atoms with Crippen molar-refractivity contribution in [2.45, 2.75) is 6.92 Å². The summed E-state index contributed by atoms with van der Waals surface area (Å²) in [4.78, 5) is 74.8. The number of hydrogen-bond acceptors (Lipinski definition) is 11. The number of rotatable bonds is 14. The number of nitriles is 1. The highest BCUT2D eigenvalue weighted by Gasteiger charge is 2.24. The summed E-state index contributed by atoms with van der Waals surface area (Å²) in [6.07, 6.45) is 0.940. The number of carbonyl (C=O) groups is 6. The number of carboxylic acid groups (broad SMARTS) is 1. The number of aromatic carboxylic acids is 1. The summed E-state index contributed by atoms with van der Waals surface area (Å²) in [5, 5.41) is 50.0. The minimum Gasteiger partial charge on any atom is -0.504 e. The molecule has 0 aliphatic heterocycles. The third-order valence-electron chi connectivity index (χ3n) is 8.27. The Balaban J connectivity index is 0.00000273. The topological polar surface area (TPSA) is 266 Å². The average molecular weight is 851 g/mol. The molecule has 0 bridgehead atoms. The number of benzene rings is 5. The SMILES string of the molecule is CC#N.COc1c(NC(=O)c2ccc(NC(=O)c3ccc(NC(=O)CNC(=O)c4ccc(NC(=O)/C(F)=C/c5ccc(F)cc5)cc4)cc3)c(OC)c2O)ccc(C(=O)O)c1O. The van der Waals surface area contributed by atoms with Crippen molar-refractivity contribution in [3.05, 3.63) is 137 Å². The smallest absolute Gasteiger partial charge is 0.339 e. The second kappa shape index (κ2) is 21.3. The lowest BCUT2D eigenvalue weighted by atomic mass is 10.1. The molecule has 5 amide bonds. The zero-order valence-electron chi connectivity index (χ0n) is 32.8. The zero-order chi connectivity index (χ0) is 45.5. The third-order valence-corrected chi connectivity index (χ3v) is 8.27. The summed E-state index contributed by atoms with van der Waals surface area (Å²) < 4.78 is 37.7. The van der Waals surface area contributed by atoms with Crippen molar-refractivity contribution < 1.29 is 62.3 Å². The van der Waals surface area contributed by atoms with Crippen molar-refractivity contribution in [3.8, 4) is 29.1 Å². The molecule has 0 radical (unpaired) electrons. The third kappa shape index (κ3) is 11.9. The Bertz CT molecular complexity index is 2580. The molecule has 5 aromatic rings. The van der Waals surface area contributed by atoms with Gasteiger partial charge in [-0.25, -0.2) is 13.6 Å². The van der Waals surface area contributed by atoms with Crippen LogP contribution in [0.5, 0.6) is 23.0 Å². The summed E-state index contributed by atoms with van der Waals surface area (Å²) in [5.41, 5.74) is 0.158. The summed E-state index contributed by atoms with van der Waals surface area (Å²) in [6.45, 7) is 1.00. The summed E-state index contributed by atoms with van der Waals surface area (Å²) in [5.74, 6) is -8.82. The number of hydrogen-bond donors (Lipinski definition) is 8. The van der Waals surface area contributed by atoms with Crippen LogP contribution >= 0.6 is 0 Å². The number of halogens is 2. The lowest BCUT2D eigenvalue weighted by Gasteiger charge is -2.16. The summed E-state index contributed by atoms with van der Waals surface area (Å²) >= 11 is 0. The van der Waals surface area contributed by atoms with Gasteiger partial charge in [0.15, 0.2) is 28.8 Å². The molecule has 0 heterocycles. The summed E-state index contributed by atoms with van der Waals surface area (Å²) in [7, 11) is 2.35. The molecule has 0 saturated carbocycles. The van der Waals surface area contributed by atoms with Crippen molar-refractivity contribution >= 4 is 64.3 Å². The van der Waals surface area contributed by atoms with Gasteiger partial charge >= 0.3 is 5.97 Å². The van der Waals surface area contributed by atoms with Crippen LogP contribution in [0.4, 0.5) is 31.5 Å². The van der Waals surface area contributed by atoms with Crippen LogP contribution < -0.4 is 36.1 Å². The molecule has 0 fully saturated rings.